The molecule has 2 atom stereocenters. The van der Waals surface area contributed by atoms with Gasteiger partial charge in [-0.1, -0.05) is 32.4 Å². The van der Waals surface area contributed by atoms with E-state index in [9.17, 15) is 14.0 Å². The summed E-state index contributed by atoms with van der Waals surface area (Å²) in [6.45, 7) is 3.68. The Balaban J connectivity index is 2.57. The van der Waals surface area contributed by atoms with Gasteiger partial charge in [-0.3, -0.25) is 15.6 Å². The Morgan fingerprint density at radius 3 is 2.52 bits per heavy atom. The lowest BCUT2D eigenvalue weighted by molar-refractivity contribution is -0.124. The van der Waals surface area contributed by atoms with Crippen LogP contribution in [0.15, 0.2) is 24.3 Å². The minimum absolute atomic E-state index is 0.00502. The number of para-hydroxylation sites is 1. The summed E-state index contributed by atoms with van der Waals surface area (Å²) >= 11 is 4.97. The predicted molar refractivity (Wildman–Crippen MR) is 89.9 cm³/mol. The number of primary amides is 1. The van der Waals surface area contributed by atoms with Crippen molar-refractivity contribution in [3.8, 4) is 0 Å². The molecule has 6 N–H and O–H groups in total. The molecule has 0 aliphatic heterocycles. The number of rotatable bonds is 5. The molecule has 0 saturated carbocycles. The number of urea groups is 1. The van der Waals surface area contributed by atoms with Gasteiger partial charge in [-0.2, -0.15) is 0 Å². The topological polar surface area (TPSA) is 108 Å². The summed E-state index contributed by atoms with van der Waals surface area (Å²) in [5, 5.41) is 4.99. The molecular weight excluding hydrogens is 321 g/mol. The lowest BCUT2D eigenvalue weighted by Gasteiger charge is -2.23. The van der Waals surface area contributed by atoms with Crippen LogP contribution >= 0.6 is 12.2 Å². The number of thiocarbonyl (C=S) groups is 1. The van der Waals surface area contributed by atoms with Gasteiger partial charge in [0.2, 0.25) is 0 Å². The number of amides is 3. The zero-order valence-corrected chi connectivity index (χ0v) is 13.7. The molecule has 9 heteroatoms. The Hall–Kier alpha value is -2.42. The van der Waals surface area contributed by atoms with Gasteiger partial charge in [0.05, 0.1) is 5.69 Å². The fourth-order valence-corrected chi connectivity index (χ4v) is 1.93. The number of hydrogen-bond acceptors (Lipinski definition) is 3. The van der Waals surface area contributed by atoms with E-state index in [2.05, 4.69) is 21.5 Å². The van der Waals surface area contributed by atoms with Crippen molar-refractivity contribution in [1.82, 2.24) is 16.2 Å². The van der Waals surface area contributed by atoms with Crippen molar-refractivity contribution in [2.45, 2.75) is 26.3 Å². The van der Waals surface area contributed by atoms with E-state index < -0.39 is 23.8 Å². The average molecular weight is 341 g/mol. The van der Waals surface area contributed by atoms with Crippen LogP contribution < -0.4 is 27.2 Å². The molecule has 23 heavy (non-hydrogen) atoms. The molecule has 7 nitrogen and oxygen atoms in total. The van der Waals surface area contributed by atoms with Gasteiger partial charge in [0.15, 0.2) is 5.11 Å². The van der Waals surface area contributed by atoms with E-state index in [1.165, 1.54) is 12.1 Å². The van der Waals surface area contributed by atoms with Crippen LogP contribution in [-0.2, 0) is 4.79 Å². The summed E-state index contributed by atoms with van der Waals surface area (Å²) < 4.78 is 13.5. The molecule has 0 heterocycles. The molecule has 1 rings (SSSR count). The standard InChI is InChI=1S/C14H20FN5O2S/c1-3-8(2)11(18-13(16)22)12(21)19-20-14(23)17-10-7-5-4-6-9(10)15/h4-8,11H,3H2,1-2H3,(H,19,21)(H3,16,18,22)(H2,17,20,23). The van der Waals surface area contributed by atoms with E-state index in [0.29, 0.717) is 6.42 Å². The number of carbonyl (C=O) groups excluding carboxylic acids is 2. The fourth-order valence-electron chi connectivity index (χ4n) is 1.77. The van der Waals surface area contributed by atoms with Gasteiger partial charge in [-0.05, 0) is 30.3 Å². The van der Waals surface area contributed by atoms with Crippen LogP contribution in [0, 0.1) is 11.7 Å². The average Bonchev–Trinajstić information content (AvgIpc) is 2.51. The zero-order chi connectivity index (χ0) is 17.4. The largest absolute Gasteiger partial charge is 0.352 e. The summed E-state index contributed by atoms with van der Waals surface area (Å²) in [6.07, 6.45) is 0.663. The number of nitrogens with two attached hydrogens (primary N) is 1. The SMILES string of the molecule is CCC(C)C(NC(N)=O)C(=O)NNC(=S)Nc1ccccc1F. The summed E-state index contributed by atoms with van der Waals surface area (Å²) in [5.41, 5.74) is 10.1. The number of carbonyl (C=O) groups is 2. The zero-order valence-electron chi connectivity index (χ0n) is 12.9. The van der Waals surface area contributed by atoms with E-state index in [1.807, 2.05) is 6.92 Å². The highest BCUT2D eigenvalue weighted by Crippen LogP contribution is 2.12. The van der Waals surface area contributed by atoms with E-state index in [0.717, 1.165) is 0 Å². The molecule has 3 amide bonds. The fraction of sp³-hybridized carbons (Fsp3) is 0.357. The molecule has 0 aliphatic carbocycles. The number of nitrogens with one attached hydrogen (secondary N) is 4. The molecule has 0 bridgehead atoms. The molecule has 0 radical (unpaired) electrons. The van der Waals surface area contributed by atoms with Gasteiger partial charge in [0.1, 0.15) is 11.9 Å². The first kappa shape index (κ1) is 18.6. The van der Waals surface area contributed by atoms with E-state index >= 15 is 0 Å². The normalized spacial score (nSPS) is 12.7. The van der Waals surface area contributed by atoms with Gasteiger partial charge >= 0.3 is 6.03 Å². The maximum Gasteiger partial charge on any atom is 0.312 e. The highest BCUT2D eigenvalue weighted by molar-refractivity contribution is 7.80. The minimum Gasteiger partial charge on any atom is -0.352 e. The van der Waals surface area contributed by atoms with Crippen molar-refractivity contribution < 1.29 is 14.0 Å². The van der Waals surface area contributed by atoms with Crippen LogP contribution in [0.25, 0.3) is 0 Å². The first-order valence-corrected chi connectivity index (χ1v) is 7.43. The molecule has 0 aromatic heterocycles. The van der Waals surface area contributed by atoms with Gasteiger partial charge in [0.25, 0.3) is 5.91 Å². The van der Waals surface area contributed by atoms with Gasteiger partial charge in [-0.15, -0.1) is 0 Å². The van der Waals surface area contributed by atoms with Crippen LogP contribution in [0.4, 0.5) is 14.9 Å². The Labute approximate surface area is 139 Å². The van der Waals surface area contributed by atoms with Crippen molar-refractivity contribution in [3.63, 3.8) is 0 Å². The lowest BCUT2D eigenvalue weighted by Crippen LogP contribution is -2.56. The smallest absolute Gasteiger partial charge is 0.312 e. The highest BCUT2D eigenvalue weighted by atomic mass is 32.1. The lowest BCUT2D eigenvalue weighted by atomic mass is 9.99. The number of hydrogen-bond donors (Lipinski definition) is 5. The summed E-state index contributed by atoms with van der Waals surface area (Å²) in [6, 6.07) is 4.37. The van der Waals surface area contributed by atoms with Crippen molar-refractivity contribution in [3.05, 3.63) is 30.1 Å². The summed E-state index contributed by atoms with van der Waals surface area (Å²) in [7, 11) is 0. The number of hydrazine groups is 1. The summed E-state index contributed by atoms with van der Waals surface area (Å²) in [5.74, 6) is -1.11. The van der Waals surface area contributed by atoms with Crippen LogP contribution in [0.5, 0.6) is 0 Å². The van der Waals surface area contributed by atoms with Crippen molar-refractivity contribution in [2.24, 2.45) is 11.7 Å². The molecule has 0 fully saturated rings. The van der Waals surface area contributed by atoms with Gasteiger partial charge < -0.3 is 16.4 Å². The molecule has 2 unspecified atom stereocenters. The van der Waals surface area contributed by atoms with Crippen molar-refractivity contribution in [1.29, 1.82) is 0 Å². The molecule has 0 saturated heterocycles. The second-order valence-corrected chi connectivity index (χ2v) is 5.33. The van der Waals surface area contributed by atoms with Crippen LogP contribution in [0.2, 0.25) is 0 Å². The minimum atomic E-state index is -0.804. The Morgan fingerprint density at radius 2 is 1.96 bits per heavy atom. The maximum absolute atomic E-state index is 13.5. The van der Waals surface area contributed by atoms with E-state index in [1.54, 1.807) is 19.1 Å². The number of benzene rings is 1. The molecule has 1 aromatic carbocycles. The predicted octanol–water partition coefficient (Wildman–Crippen LogP) is 1.23. The Morgan fingerprint density at radius 1 is 1.30 bits per heavy atom. The molecule has 0 aliphatic rings. The monoisotopic (exact) mass is 341 g/mol. The van der Waals surface area contributed by atoms with E-state index in [-0.39, 0.29) is 16.7 Å². The maximum atomic E-state index is 13.5. The Kier molecular flexibility index (Phi) is 7.20. The van der Waals surface area contributed by atoms with Crippen molar-refractivity contribution in [2.75, 3.05) is 5.32 Å². The summed E-state index contributed by atoms with van der Waals surface area (Å²) in [4.78, 5) is 23.1. The van der Waals surface area contributed by atoms with Crippen LogP contribution in [0.3, 0.4) is 0 Å². The third-order valence-corrected chi connectivity index (χ3v) is 3.42. The number of anilines is 1. The quantitative estimate of drug-likeness (QED) is 0.409. The Bertz CT molecular complexity index is 584. The van der Waals surface area contributed by atoms with E-state index in [4.69, 9.17) is 18.0 Å². The first-order chi connectivity index (χ1) is 10.8. The van der Waals surface area contributed by atoms with Crippen LogP contribution in [-0.4, -0.2) is 23.1 Å². The van der Waals surface area contributed by atoms with Crippen LogP contribution in [0.1, 0.15) is 20.3 Å². The van der Waals surface area contributed by atoms with Gasteiger partial charge in [-0.25, -0.2) is 9.18 Å². The molecule has 126 valence electrons. The second-order valence-electron chi connectivity index (χ2n) is 4.92. The highest BCUT2D eigenvalue weighted by Gasteiger charge is 2.25. The first-order valence-electron chi connectivity index (χ1n) is 7.02. The van der Waals surface area contributed by atoms with Crippen molar-refractivity contribution >= 4 is 35.0 Å². The molecular formula is C14H20FN5O2S. The van der Waals surface area contributed by atoms with Gasteiger partial charge in [0, 0.05) is 0 Å². The molecule has 1 aromatic rings. The second kappa shape index (κ2) is 8.89. The number of halogens is 1. The third kappa shape index (κ3) is 6.07. The molecule has 0 spiro atoms. The third-order valence-electron chi connectivity index (χ3n) is 3.21.